The van der Waals surface area contributed by atoms with E-state index in [1.807, 2.05) is 28.9 Å². The number of carbonyl (C=O) groups excluding carboxylic acids is 1. The highest BCUT2D eigenvalue weighted by atomic mass is 16.5. The average Bonchev–Trinajstić information content (AvgIpc) is 3.52. The molecule has 0 bridgehead atoms. The van der Waals surface area contributed by atoms with Gasteiger partial charge in [0.2, 0.25) is 5.91 Å². The van der Waals surface area contributed by atoms with Crippen LogP contribution in [0.4, 0.5) is 5.82 Å². The summed E-state index contributed by atoms with van der Waals surface area (Å²) in [6.45, 7) is 1.62. The van der Waals surface area contributed by atoms with Gasteiger partial charge in [0.1, 0.15) is 5.52 Å². The predicted molar refractivity (Wildman–Crippen MR) is 118 cm³/mol. The van der Waals surface area contributed by atoms with Crippen LogP contribution in [0.15, 0.2) is 36.7 Å². The van der Waals surface area contributed by atoms with Crippen molar-refractivity contribution in [2.75, 3.05) is 32.2 Å². The number of rotatable bonds is 6. The zero-order chi connectivity index (χ0) is 21.4. The molecule has 3 aromatic rings. The second kappa shape index (κ2) is 8.09. The zero-order valence-electron chi connectivity index (χ0n) is 17.9. The highest BCUT2D eigenvalue weighted by molar-refractivity contribution is 5.80. The molecule has 1 aliphatic heterocycles. The Balaban J connectivity index is 1.37. The lowest BCUT2D eigenvalue weighted by molar-refractivity contribution is -0.125. The molecule has 2 fully saturated rings. The molecule has 5 rings (SSSR count). The van der Waals surface area contributed by atoms with Crippen molar-refractivity contribution in [3.05, 3.63) is 36.7 Å². The van der Waals surface area contributed by atoms with Gasteiger partial charge in [-0.3, -0.25) is 4.79 Å². The number of anilines is 1. The maximum absolute atomic E-state index is 12.4. The average molecular weight is 422 g/mol. The summed E-state index contributed by atoms with van der Waals surface area (Å²) in [6.07, 6.45) is 7.58. The van der Waals surface area contributed by atoms with E-state index in [-0.39, 0.29) is 11.8 Å². The van der Waals surface area contributed by atoms with Gasteiger partial charge in [-0.25, -0.2) is 9.50 Å². The van der Waals surface area contributed by atoms with Crippen LogP contribution >= 0.6 is 0 Å². The van der Waals surface area contributed by atoms with Gasteiger partial charge in [-0.15, -0.1) is 0 Å². The number of nitrogens with one attached hydrogen (secondary N) is 1. The largest absolute Gasteiger partial charge is 0.493 e. The number of amides is 1. The number of nitrogens with zero attached hydrogens (tertiary/aromatic N) is 4. The molecule has 1 saturated carbocycles. The molecule has 31 heavy (non-hydrogen) atoms. The van der Waals surface area contributed by atoms with Crippen molar-refractivity contribution in [3.63, 3.8) is 0 Å². The molecule has 162 valence electrons. The maximum atomic E-state index is 12.4. The highest BCUT2D eigenvalue weighted by Gasteiger charge is 2.30. The van der Waals surface area contributed by atoms with Crippen LogP contribution in [0.1, 0.15) is 25.7 Å². The van der Waals surface area contributed by atoms with Gasteiger partial charge in [-0.1, -0.05) is 0 Å². The molecule has 0 radical (unpaired) electrons. The summed E-state index contributed by atoms with van der Waals surface area (Å²) in [4.78, 5) is 19.3. The fourth-order valence-corrected chi connectivity index (χ4v) is 4.19. The van der Waals surface area contributed by atoms with Crippen molar-refractivity contribution in [1.82, 2.24) is 19.9 Å². The molecule has 2 aromatic heterocycles. The molecule has 3 heterocycles. The highest BCUT2D eigenvalue weighted by Crippen LogP contribution is 2.33. The normalized spacial score (nSPS) is 17.0. The third-order valence-corrected chi connectivity index (χ3v) is 6.14. The minimum absolute atomic E-state index is 0.101. The van der Waals surface area contributed by atoms with Gasteiger partial charge in [0.05, 0.1) is 19.9 Å². The third-order valence-electron chi connectivity index (χ3n) is 6.14. The topological polar surface area (TPSA) is 81.0 Å². The number of fused-ring (bicyclic) bond motifs is 1. The van der Waals surface area contributed by atoms with E-state index in [1.54, 1.807) is 20.4 Å². The van der Waals surface area contributed by atoms with E-state index >= 15 is 0 Å². The number of ether oxygens (including phenoxy) is 2. The Morgan fingerprint density at radius 3 is 2.55 bits per heavy atom. The van der Waals surface area contributed by atoms with Crippen LogP contribution < -0.4 is 19.7 Å². The molecular formula is C23H27N5O3. The fraction of sp³-hybridized carbons (Fsp3) is 0.435. The molecule has 0 atom stereocenters. The summed E-state index contributed by atoms with van der Waals surface area (Å²) in [6, 6.07) is 8.25. The van der Waals surface area contributed by atoms with E-state index in [0.717, 1.165) is 61.4 Å². The molecule has 1 amide bonds. The van der Waals surface area contributed by atoms with E-state index in [4.69, 9.17) is 14.6 Å². The molecule has 1 saturated heterocycles. The van der Waals surface area contributed by atoms with Gasteiger partial charge in [-0.2, -0.15) is 5.10 Å². The summed E-state index contributed by atoms with van der Waals surface area (Å²) in [5.74, 6) is 2.58. The summed E-state index contributed by atoms with van der Waals surface area (Å²) in [7, 11) is 3.25. The lowest BCUT2D eigenvalue weighted by Crippen LogP contribution is -2.41. The monoisotopic (exact) mass is 421 g/mol. The van der Waals surface area contributed by atoms with Crippen LogP contribution in [-0.2, 0) is 4.79 Å². The SMILES string of the molecule is COc1ccc(-c2cc3c(N4CCC(C(=O)NC5CC5)CC4)nccn3n2)cc1OC. The molecule has 1 aromatic carbocycles. The third kappa shape index (κ3) is 3.89. The second-order valence-corrected chi connectivity index (χ2v) is 8.22. The number of carbonyl (C=O) groups is 1. The lowest BCUT2D eigenvalue weighted by atomic mass is 9.96. The number of piperidine rings is 1. The first-order valence-electron chi connectivity index (χ1n) is 10.8. The van der Waals surface area contributed by atoms with Crippen molar-refractivity contribution < 1.29 is 14.3 Å². The van der Waals surface area contributed by atoms with E-state index in [2.05, 4.69) is 21.3 Å². The van der Waals surface area contributed by atoms with Crippen molar-refractivity contribution >= 4 is 17.2 Å². The standard InChI is InChI=1S/C23H27N5O3/c1-30-20-6-3-16(13-21(20)31-2)18-14-19-22(24-9-12-28(19)26-18)27-10-7-15(8-11-27)23(29)25-17-4-5-17/h3,6,9,12-15,17H,4-5,7-8,10-11H2,1-2H3,(H,25,29). The predicted octanol–water partition coefficient (Wildman–Crippen LogP) is 2.91. The van der Waals surface area contributed by atoms with Crippen LogP contribution in [0.2, 0.25) is 0 Å². The van der Waals surface area contributed by atoms with E-state index in [9.17, 15) is 4.79 Å². The first kappa shape index (κ1) is 19.7. The molecular weight excluding hydrogens is 394 g/mol. The van der Waals surface area contributed by atoms with E-state index in [0.29, 0.717) is 17.5 Å². The molecule has 8 nitrogen and oxygen atoms in total. The number of benzene rings is 1. The number of hydrogen-bond acceptors (Lipinski definition) is 6. The van der Waals surface area contributed by atoms with Crippen LogP contribution in [0.5, 0.6) is 11.5 Å². The van der Waals surface area contributed by atoms with Gasteiger partial charge in [0.25, 0.3) is 0 Å². The van der Waals surface area contributed by atoms with Gasteiger partial charge < -0.3 is 19.7 Å². The van der Waals surface area contributed by atoms with Crippen molar-refractivity contribution in [2.24, 2.45) is 5.92 Å². The Bertz CT molecular complexity index is 1100. The quantitative estimate of drug-likeness (QED) is 0.659. The van der Waals surface area contributed by atoms with Crippen molar-refractivity contribution in [3.8, 4) is 22.8 Å². The maximum Gasteiger partial charge on any atom is 0.223 e. The van der Waals surface area contributed by atoms with Crippen molar-refractivity contribution in [2.45, 2.75) is 31.7 Å². The second-order valence-electron chi connectivity index (χ2n) is 8.22. The summed E-state index contributed by atoms with van der Waals surface area (Å²) < 4.78 is 12.6. The van der Waals surface area contributed by atoms with Gasteiger partial charge in [-0.05, 0) is 49.9 Å². The van der Waals surface area contributed by atoms with Gasteiger partial charge in [0, 0.05) is 43.0 Å². The number of aromatic nitrogens is 3. The number of methoxy groups -OCH3 is 2. The molecule has 1 aliphatic carbocycles. The van der Waals surface area contributed by atoms with Crippen LogP contribution in [0, 0.1) is 5.92 Å². The molecule has 8 heteroatoms. The van der Waals surface area contributed by atoms with Crippen LogP contribution in [0.3, 0.4) is 0 Å². The molecule has 0 spiro atoms. The minimum Gasteiger partial charge on any atom is -0.493 e. The zero-order valence-corrected chi connectivity index (χ0v) is 17.9. The summed E-state index contributed by atoms with van der Waals surface area (Å²) >= 11 is 0. The molecule has 1 N–H and O–H groups in total. The summed E-state index contributed by atoms with van der Waals surface area (Å²) in [5, 5.41) is 7.88. The first-order chi connectivity index (χ1) is 15.2. The first-order valence-corrected chi connectivity index (χ1v) is 10.8. The Morgan fingerprint density at radius 2 is 1.84 bits per heavy atom. The number of hydrogen-bond donors (Lipinski definition) is 1. The lowest BCUT2D eigenvalue weighted by Gasteiger charge is -2.32. The Hall–Kier alpha value is -3.29. The fourth-order valence-electron chi connectivity index (χ4n) is 4.19. The minimum atomic E-state index is 0.101. The Kier molecular flexibility index (Phi) is 5.13. The smallest absolute Gasteiger partial charge is 0.223 e. The van der Waals surface area contributed by atoms with E-state index < -0.39 is 0 Å². The van der Waals surface area contributed by atoms with Crippen molar-refractivity contribution in [1.29, 1.82) is 0 Å². The molecule has 2 aliphatic rings. The van der Waals surface area contributed by atoms with E-state index in [1.165, 1.54) is 0 Å². The Labute approximate surface area is 181 Å². The van der Waals surface area contributed by atoms with Gasteiger partial charge in [0.15, 0.2) is 17.3 Å². The summed E-state index contributed by atoms with van der Waals surface area (Å²) in [5.41, 5.74) is 2.74. The van der Waals surface area contributed by atoms with Crippen LogP contribution in [-0.4, -0.2) is 53.9 Å². The molecule has 0 unspecified atom stereocenters. The van der Waals surface area contributed by atoms with Crippen LogP contribution in [0.25, 0.3) is 16.8 Å². The Morgan fingerprint density at radius 1 is 1.06 bits per heavy atom. The van der Waals surface area contributed by atoms with Gasteiger partial charge >= 0.3 is 0 Å².